The summed E-state index contributed by atoms with van der Waals surface area (Å²) in [5.41, 5.74) is 4.60. The minimum Gasteiger partial charge on any atom is -0.480 e. The Morgan fingerprint density at radius 1 is 1.00 bits per heavy atom. The number of nitrogens with zero attached hydrogens (tertiary/aromatic N) is 1. The number of carbonyl (C=O) groups is 3. The fourth-order valence-electron chi connectivity index (χ4n) is 5.14. The first-order chi connectivity index (χ1) is 15.9. The van der Waals surface area contributed by atoms with Crippen LogP contribution < -0.4 is 5.32 Å². The first-order valence-corrected chi connectivity index (χ1v) is 11.2. The summed E-state index contributed by atoms with van der Waals surface area (Å²) in [4.78, 5) is 37.6. The number of fused-ring (bicyclic) bond motifs is 3. The molecule has 2 unspecified atom stereocenters. The highest BCUT2D eigenvalue weighted by atomic mass is 16.5. The van der Waals surface area contributed by atoms with E-state index >= 15 is 0 Å². The maximum Gasteiger partial charge on any atom is 0.407 e. The van der Waals surface area contributed by atoms with Gasteiger partial charge in [0.05, 0.1) is 6.10 Å². The highest BCUT2D eigenvalue weighted by molar-refractivity contribution is 5.87. The van der Waals surface area contributed by atoms with Gasteiger partial charge >= 0.3 is 12.1 Å². The van der Waals surface area contributed by atoms with Crippen LogP contribution in [0.15, 0.2) is 48.5 Å². The summed E-state index contributed by atoms with van der Waals surface area (Å²) in [6.45, 7) is 0.554. The van der Waals surface area contributed by atoms with Crippen molar-refractivity contribution < 1.29 is 29.3 Å². The molecule has 0 spiro atoms. The molecular formula is C25H26N2O6. The maximum atomic E-state index is 12.7. The van der Waals surface area contributed by atoms with Crippen LogP contribution >= 0.6 is 0 Å². The number of rotatable bonds is 6. The zero-order chi connectivity index (χ0) is 23.1. The van der Waals surface area contributed by atoms with Gasteiger partial charge in [-0.3, -0.25) is 4.79 Å². The normalized spacial score (nSPS) is 25.3. The molecule has 2 aliphatic carbocycles. The lowest BCUT2D eigenvalue weighted by molar-refractivity contribution is -0.148. The molecule has 0 bridgehead atoms. The zero-order valence-electron chi connectivity index (χ0n) is 18.0. The molecule has 8 nitrogen and oxygen atoms in total. The van der Waals surface area contributed by atoms with Crippen LogP contribution in [0.1, 0.15) is 29.9 Å². The van der Waals surface area contributed by atoms with Gasteiger partial charge in [-0.05, 0) is 34.6 Å². The average molecular weight is 450 g/mol. The van der Waals surface area contributed by atoms with Gasteiger partial charge in [0.1, 0.15) is 12.6 Å². The molecule has 2 amide bonds. The predicted octanol–water partition coefficient (Wildman–Crippen LogP) is 2.21. The monoisotopic (exact) mass is 450 g/mol. The molecule has 33 heavy (non-hydrogen) atoms. The first kappa shape index (κ1) is 21.5. The van der Waals surface area contributed by atoms with Gasteiger partial charge in [0.25, 0.3) is 0 Å². The average Bonchev–Trinajstić information content (AvgIpc) is 3.38. The Morgan fingerprint density at radius 2 is 1.64 bits per heavy atom. The number of amides is 2. The first-order valence-electron chi connectivity index (χ1n) is 11.2. The van der Waals surface area contributed by atoms with Crippen LogP contribution in [-0.2, 0) is 14.3 Å². The van der Waals surface area contributed by atoms with E-state index in [-0.39, 0.29) is 43.2 Å². The number of benzene rings is 2. The Balaban J connectivity index is 1.12. The van der Waals surface area contributed by atoms with Gasteiger partial charge in [0.15, 0.2) is 0 Å². The van der Waals surface area contributed by atoms with Crippen LogP contribution in [0, 0.1) is 11.8 Å². The molecule has 2 aromatic carbocycles. The second-order valence-corrected chi connectivity index (χ2v) is 9.04. The van der Waals surface area contributed by atoms with Gasteiger partial charge in [-0.1, -0.05) is 48.5 Å². The number of aliphatic hydroxyl groups excluding tert-OH is 1. The molecule has 3 N–H and O–H groups in total. The molecule has 1 saturated heterocycles. The lowest BCUT2D eigenvalue weighted by Gasteiger charge is -2.21. The van der Waals surface area contributed by atoms with Crippen molar-refractivity contribution in [3.63, 3.8) is 0 Å². The maximum absolute atomic E-state index is 12.7. The van der Waals surface area contributed by atoms with Crippen LogP contribution in [0.2, 0.25) is 0 Å². The third-order valence-corrected chi connectivity index (χ3v) is 6.94. The van der Waals surface area contributed by atoms with Gasteiger partial charge in [0.2, 0.25) is 5.91 Å². The van der Waals surface area contributed by atoms with Crippen molar-refractivity contribution in [3.05, 3.63) is 59.7 Å². The minimum absolute atomic E-state index is 0.0204. The number of carboxylic acid groups (broad SMARTS) is 1. The van der Waals surface area contributed by atoms with Gasteiger partial charge in [-0.25, -0.2) is 9.59 Å². The number of hydrogen-bond acceptors (Lipinski definition) is 5. The van der Waals surface area contributed by atoms with Crippen molar-refractivity contribution in [3.8, 4) is 11.1 Å². The Bertz CT molecular complexity index is 1060. The van der Waals surface area contributed by atoms with Crippen molar-refractivity contribution in [2.24, 2.45) is 11.8 Å². The Morgan fingerprint density at radius 3 is 2.27 bits per heavy atom. The Kier molecular flexibility index (Phi) is 5.54. The van der Waals surface area contributed by atoms with Gasteiger partial charge in [0, 0.05) is 31.3 Å². The number of hydrogen-bond donors (Lipinski definition) is 3. The van der Waals surface area contributed by atoms with Crippen molar-refractivity contribution in [2.45, 2.75) is 30.9 Å². The molecule has 0 radical (unpaired) electrons. The summed E-state index contributed by atoms with van der Waals surface area (Å²) in [6, 6.07) is 15.2. The third kappa shape index (κ3) is 4.06. The topological polar surface area (TPSA) is 116 Å². The summed E-state index contributed by atoms with van der Waals surface area (Å²) in [7, 11) is 0. The second kappa shape index (κ2) is 8.51. The van der Waals surface area contributed by atoms with E-state index in [9.17, 15) is 24.6 Å². The fourth-order valence-corrected chi connectivity index (χ4v) is 5.14. The molecule has 0 aromatic heterocycles. The highest BCUT2D eigenvalue weighted by Gasteiger charge is 2.49. The number of carbonyl (C=O) groups excluding carboxylic acids is 2. The molecule has 3 aliphatic rings. The molecule has 172 valence electrons. The van der Waals surface area contributed by atoms with E-state index in [1.807, 2.05) is 24.3 Å². The van der Waals surface area contributed by atoms with E-state index < -0.39 is 24.2 Å². The van der Waals surface area contributed by atoms with E-state index in [1.165, 1.54) is 4.90 Å². The molecule has 2 aromatic rings. The number of alkyl carbamates (subject to hydrolysis) is 1. The quantitative estimate of drug-likeness (QED) is 0.621. The SMILES string of the molecule is O=C(NCC1CC1C(=O)N1C[C@H](O)C[C@H]1C(=O)O)OCC1c2ccccc2-c2ccccc21. The molecule has 5 rings (SSSR count). The number of likely N-dealkylation sites (tertiary alicyclic amines) is 1. The number of nitrogens with one attached hydrogen (secondary N) is 1. The van der Waals surface area contributed by atoms with Crippen LogP contribution in [0.3, 0.4) is 0 Å². The molecule has 1 aliphatic heterocycles. The Labute approximate surface area is 191 Å². The summed E-state index contributed by atoms with van der Waals surface area (Å²) in [5, 5.41) is 21.8. The minimum atomic E-state index is -1.10. The lowest BCUT2D eigenvalue weighted by Crippen LogP contribution is -2.42. The largest absolute Gasteiger partial charge is 0.480 e. The van der Waals surface area contributed by atoms with Gasteiger partial charge in [-0.15, -0.1) is 0 Å². The smallest absolute Gasteiger partial charge is 0.407 e. The van der Waals surface area contributed by atoms with Crippen molar-refractivity contribution in [2.75, 3.05) is 19.7 Å². The van der Waals surface area contributed by atoms with Crippen LogP contribution in [0.25, 0.3) is 11.1 Å². The van der Waals surface area contributed by atoms with Gasteiger partial charge < -0.3 is 25.2 Å². The van der Waals surface area contributed by atoms with Crippen molar-refractivity contribution in [1.29, 1.82) is 0 Å². The molecule has 8 heteroatoms. The Hall–Kier alpha value is -3.39. The fraction of sp³-hybridized carbons (Fsp3) is 0.400. The van der Waals surface area contributed by atoms with Gasteiger partial charge in [-0.2, -0.15) is 0 Å². The summed E-state index contributed by atoms with van der Waals surface area (Å²) in [5.74, 6) is -1.77. The molecule has 1 heterocycles. The van der Waals surface area contributed by atoms with Crippen molar-refractivity contribution >= 4 is 18.0 Å². The van der Waals surface area contributed by atoms with E-state index in [0.717, 1.165) is 22.3 Å². The number of aliphatic hydroxyl groups is 1. The van der Waals surface area contributed by atoms with Crippen molar-refractivity contribution in [1.82, 2.24) is 10.2 Å². The highest BCUT2D eigenvalue weighted by Crippen LogP contribution is 2.44. The molecule has 4 atom stereocenters. The van der Waals surface area contributed by atoms with E-state index in [0.29, 0.717) is 13.0 Å². The molecule has 1 saturated carbocycles. The van der Waals surface area contributed by atoms with E-state index in [2.05, 4.69) is 29.6 Å². The van der Waals surface area contributed by atoms with E-state index in [1.54, 1.807) is 0 Å². The molecule has 2 fully saturated rings. The number of carboxylic acids is 1. The van der Waals surface area contributed by atoms with E-state index in [4.69, 9.17) is 4.74 Å². The standard InChI is InChI=1S/C25H26N2O6/c28-15-10-22(24(30)31)27(12-15)23(29)20-9-14(20)11-26-25(32)33-13-21-18-7-3-1-5-16(18)17-6-2-4-8-19(17)21/h1-8,14-15,20-22,28H,9-13H2,(H,26,32)(H,30,31)/t14?,15-,20?,22+/m1/s1. The van der Waals surface area contributed by atoms with Crippen LogP contribution in [0.4, 0.5) is 4.79 Å². The molecular weight excluding hydrogens is 424 g/mol. The summed E-state index contributed by atoms with van der Waals surface area (Å²) >= 11 is 0. The number of aliphatic carboxylic acids is 1. The van der Waals surface area contributed by atoms with Crippen LogP contribution in [-0.4, -0.2) is 64.9 Å². The second-order valence-electron chi connectivity index (χ2n) is 9.04. The third-order valence-electron chi connectivity index (χ3n) is 6.94. The number of ether oxygens (including phenoxy) is 1. The summed E-state index contributed by atoms with van der Waals surface area (Å²) in [6.07, 6.45) is -0.709. The summed E-state index contributed by atoms with van der Waals surface area (Å²) < 4.78 is 5.52. The number of β-amino-alcohol motifs (C(OH)–C–C–N with tert-alkyl or cyclic N) is 1. The predicted molar refractivity (Wildman–Crippen MR) is 118 cm³/mol. The zero-order valence-corrected chi connectivity index (χ0v) is 18.0. The lowest BCUT2D eigenvalue weighted by atomic mass is 9.98. The van der Waals surface area contributed by atoms with Crippen LogP contribution in [0.5, 0.6) is 0 Å².